The Bertz CT molecular complexity index is 204. The van der Waals surface area contributed by atoms with E-state index in [1.54, 1.807) is 0 Å². The lowest BCUT2D eigenvalue weighted by Crippen LogP contribution is -2.43. The van der Waals surface area contributed by atoms with Crippen LogP contribution < -0.4 is 0 Å². The fraction of sp³-hybridized carbons (Fsp3) is 1.00. The Kier molecular flexibility index (Phi) is 5.34. The van der Waals surface area contributed by atoms with Gasteiger partial charge in [0.25, 0.3) is 0 Å². The molecule has 0 N–H and O–H groups in total. The Morgan fingerprint density at radius 3 is 2.18 bits per heavy atom. The number of rotatable bonds is 3. The maximum Gasteiger partial charge on any atom is 0.0101 e. The van der Waals surface area contributed by atoms with Crippen LogP contribution in [0.3, 0.4) is 0 Å². The van der Waals surface area contributed by atoms with Crippen molar-refractivity contribution in [3.05, 3.63) is 0 Å². The molecule has 0 aromatic carbocycles. The van der Waals surface area contributed by atoms with E-state index in [9.17, 15) is 0 Å². The number of hydrogen-bond donors (Lipinski definition) is 0. The predicted octanol–water partition coefficient (Wildman–Crippen LogP) is 4.75. The van der Waals surface area contributed by atoms with E-state index in [2.05, 4.69) is 18.7 Å². The van der Waals surface area contributed by atoms with Crippen LogP contribution >= 0.6 is 0 Å². The van der Waals surface area contributed by atoms with Gasteiger partial charge in [-0.15, -0.1) is 0 Å². The molecule has 1 saturated heterocycles. The van der Waals surface area contributed by atoms with Gasteiger partial charge in [0.1, 0.15) is 0 Å². The number of nitrogens with zero attached hydrogens (tertiary/aromatic N) is 1. The normalized spacial score (nSPS) is 33.5. The predicted molar refractivity (Wildman–Crippen MR) is 75.3 cm³/mol. The second kappa shape index (κ2) is 6.78. The third kappa shape index (κ3) is 3.47. The molecule has 1 heterocycles. The van der Waals surface area contributed by atoms with Crippen molar-refractivity contribution >= 4 is 0 Å². The second-order valence-electron chi connectivity index (χ2n) is 6.32. The molecule has 0 aromatic rings. The van der Waals surface area contributed by atoms with E-state index < -0.39 is 0 Å². The van der Waals surface area contributed by atoms with Crippen molar-refractivity contribution in [2.24, 2.45) is 0 Å². The van der Waals surface area contributed by atoms with Crippen LogP contribution in [-0.2, 0) is 0 Å². The maximum atomic E-state index is 2.93. The van der Waals surface area contributed by atoms with E-state index in [0.717, 1.165) is 18.1 Å². The van der Waals surface area contributed by atoms with Crippen LogP contribution in [-0.4, -0.2) is 23.0 Å². The molecular weight excluding hydrogens is 206 g/mol. The zero-order chi connectivity index (χ0) is 12.1. The summed E-state index contributed by atoms with van der Waals surface area (Å²) in [6, 6.07) is 2.69. The van der Waals surface area contributed by atoms with E-state index in [0.29, 0.717) is 0 Å². The first-order valence-corrected chi connectivity index (χ1v) is 8.10. The van der Waals surface area contributed by atoms with E-state index >= 15 is 0 Å². The molecule has 1 nitrogen and oxygen atoms in total. The fourth-order valence-electron chi connectivity index (χ4n) is 4.11. The van der Waals surface area contributed by atoms with Gasteiger partial charge >= 0.3 is 0 Å². The van der Waals surface area contributed by atoms with Gasteiger partial charge in [-0.25, -0.2) is 0 Å². The highest BCUT2D eigenvalue weighted by atomic mass is 15.2. The Balaban J connectivity index is 1.95. The first-order valence-electron chi connectivity index (χ1n) is 8.10. The zero-order valence-electron chi connectivity index (χ0n) is 12.0. The van der Waals surface area contributed by atoms with Gasteiger partial charge in [0, 0.05) is 18.1 Å². The second-order valence-corrected chi connectivity index (χ2v) is 6.32. The van der Waals surface area contributed by atoms with Gasteiger partial charge in [0.15, 0.2) is 0 Å². The Morgan fingerprint density at radius 2 is 1.53 bits per heavy atom. The molecule has 0 aromatic heterocycles. The van der Waals surface area contributed by atoms with Crippen molar-refractivity contribution < 1.29 is 0 Å². The molecule has 0 spiro atoms. The summed E-state index contributed by atoms with van der Waals surface area (Å²) in [5.74, 6) is 0. The van der Waals surface area contributed by atoms with Crippen LogP contribution in [0.25, 0.3) is 0 Å². The highest BCUT2D eigenvalue weighted by molar-refractivity contribution is 4.90. The fourth-order valence-corrected chi connectivity index (χ4v) is 4.11. The molecule has 100 valence electrons. The van der Waals surface area contributed by atoms with E-state index in [1.807, 2.05) is 0 Å². The largest absolute Gasteiger partial charge is 0.295 e. The van der Waals surface area contributed by atoms with Crippen LogP contribution in [0.15, 0.2) is 0 Å². The lowest BCUT2D eigenvalue weighted by atomic mass is 9.94. The molecule has 2 fully saturated rings. The summed E-state index contributed by atoms with van der Waals surface area (Å²) in [7, 11) is 0. The summed E-state index contributed by atoms with van der Waals surface area (Å²) in [6.07, 6.45) is 16.1. The number of likely N-dealkylation sites (tertiary alicyclic amines) is 1. The minimum atomic E-state index is 0.857. The zero-order valence-corrected chi connectivity index (χ0v) is 12.0. The third-order valence-corrected chi connectivity index (χ3v) is 4.97. The standard InChI is InChI=1S/C16H31N/c1-3-9-15-13-12-14(2)17(15)16-10-7-5-4-6-8-11-16/h14-16H,3-13H2,1-2H3/t14-,15+/m0/s1. The summed E-state index contributed by atoms with van der Waals surface area (Å²) in [6.45, 7) is 4.81. The highest BCUT2D eigenvalue weighted by Gasteiger charge is 2.34. The topological polar surface area (TPSA) is 3.24 Å². The van der Waals surface area contributed by atoms with Gasteiger partial charge in [-0.3, -0.25) is 4.90 Å². The van der Waals surface area contributed by atoms with Crippen molar-refractivity contribution in [1.29, 1.82) is 0 Å². The molecule has 1 saturated carbocycles. The Morgan fingerprint density at radius 1 is 0.882 bits per heavy atom. The van der Waals surface area contributed by atoms with Gasteiger partial charge in [0.2, 0.25) is 0 Å². The smallest absolute Gasteiger partial charge is 0.0101 e. The summed E-state index contributed by atoms with van der Waals surface area (Å²) < 4.78 is 0. The molecule has 0 radical (unpaired) electrons. The van der Waals surface area contributed by atoms with Crippen molar-refractivity contribution in [2.45, 2.75) is 103 Å². The molecule has 0 bridgehead atoms. The summed E-state index contributed by atoms with van der Waals surface area (Å²) >= 11 is 0. The quantitative estimate of drug-likeness (QED) is 0.684. The van der Waals surface area contributed by atoms with Crippen molar-refractivity contribution in [3.63, 3.8) is 0 Å². The first-order chi connectivity index (χ1) is 8.33. The Hall–Kier alpha value is -0.0400. The highest BCUT2D eigenvalue weighted by Crippen LogP contribution is 2.33. The number of hydrogen-bond acceptors (Lipinski definition) is 1. The molecule has 2 rings (SSSR count). The van der Waals surface area contributed by atoms with Crippen molar-refractivity contribution in [1.82, 2.24) is 4.90 Å². The van der Waals surface area contributed by atoms with Crippen LogP contribution in [0.5, 0.6) is 0 Å². The molecular formula is C16H31N. The van der Waals surface area contributed by atoms with Gasteiger partial charge in [-0.1, -0.05) is 45.4 Å². The van der Waals surface area contributed by atoms with Crippen molar-refractivity contribution in [3.8, 4) is 0 Å². The lowest BCUT2D eigenvalue weighted by molar-refractivity contribution is 0.108. The monoisotopic (exact) mass is 237 g/mol. The average Bonchev–Trinajstić information content (AvgIpc) is 2.61. The third-order valence-electron chi connectivity index (χ3n) is 4.97. The van der Waals surface area contributed by atoms with E-state index in [-0.39, 0.29) is 0 Å². The van der Waals surface area contributed by atoms with Gasteiger partial charge in [-0.05, 0) is 39.0 Å². The van der Waals surface area contributed by atoms with E-state index in [1.165, 1.54) is 70.6 Å². The molecule has 1 aliphatic carbocycles. The van der Waals surface area contributed by atoms with Crippen LogP contribution in [0.2, 0.25) is 0 Å². The molecule has 0 unspecified atom stereocenters. The maximum absolute atomic E-state index is 2.93. The minimum Gasteiger partial charge on any atom is -0.295 e. The summed E-state index contributed by atoms with van der Waals surface area (Å²) in [5, 5.41) is 0. The lowest BCUT2D eigenvalue weighted by Gasteiger charge is -2.37. The minimum absolute atomic E-state index is 0.857. The molecule has 0 amide bonds. The van der Waals surface area contributed by atoms with Crippen LogP contribution in [0.1, 0.15) is 84.5 Å². The summed E-state index contributed by atoms with van der Waals surface area (Å²) in [5.41, 5.74) is 0. The summed E-state index contributed by atoms with van der Waals surface area (Å²) in [4.78, 5) is 2.93. The molecule has 17 heavy (non-hydrogen) atoms. The van der Waals surface area contributed by atoms with Crippen molar-refractivity contribution in [2.75, 3.05) is 0 Å². The van der Waals surface area contributed by atoms with Gasteiger partial charge < -0.3 is 0 Å². The van der Waals surface area contributed by atoms with E-state index in [4.69, 9.17) is 0 Å². The molecule has 2 aliphatic rings. The van der Waals surface area contributed by atoms with Crippen LogP contribution in [0.4, 0.5) is 0 Å². The SMILES string of the molecule is CCC[C@@H]1CC[C@H](C)N1C1CCCCCCC1. The Labute approximate surface area is 108 Å². The molecule has 2 atom stereocenters. The van der Waals surface area contributed by atoms with Gasteiger partial charge in [0.05, 0.1) is 0 Å². The molecule has 1 aliphatic heterocycles. The average molecular weight is 237 g/mol. The van der Waals surface area contributed by atoms with Crippen LogP contribution in [0, 0.1) is 0 Å². The van der Waals surface area contributed by atoms with Gasteiger partial charge in [-0.2, -0.15) is 0 Å². The first kappa shape index (κ1) is 13.4. The molecule has 1 heteroatoms.